The van der Waals surface area contributed by atoms with E-state index in [4.69, 9.17) is 33.3 Å². The van der Waals surface area contributed by atoms with Gasteiger partial charge >= 0.3 is 0 Å². The average molecular weight is 441 g/mol. The zero-order valence-corrected chi connectivity index (χ0v) is 16.8. The smallest absolute Gasteiger partial charge is 0.134 e. The molecule has 6 heteroatoms. The van der Waals surface area contributed by atoms with Crippen molar-refractivity contribution < 1.29 is 9.47 Å². The van der Waals surface area contributed by atoms with Crippen LogP contribution in [0, 0.1) is 0 Å². The Labute approximate surface area is 166 Å². The van der Waals surface area contributed by atoms with Crippen molar-refractivity contribution in [1.82, 2.24) is 5.32 Å². The molecule has 132 valence electrons. The van der Waals surface area contributed by atoms with Gasteiger partial charge in [-0.05, 0) is 53.0 Å². The van der Waals surface area contributed by atoms with E-state index in [9.17, 15) is 0 Å². The van der Waals surface area contributed by atoms with Gasteiger partial charge in [-0.3, -0.25) is 0 Å². The second-order valence-electron chi connectivity index (χ2n) is 5.87. The van der Waals surface area contributed by atoms with Gasteiger partial charge in [-0.1, -0.05) is 42.0 Å². The summed E-state index contributed by atoms with van der Waals surface area (Å²) < 4.78 is 12.3. The first-order chi connectivity index (χ1) is 12.1. The van der Waals surface area contributed by atoms with E-state index in [2.05, 4.69) is 21.2 Å². The summed E-state index contributed by atoms with van der Waals surface area (Å²) in [6.45, 7) is 2.02. The summed E-state index contributed by atoms with van der Waals surface area (Å²) in [5.41, 5.74) is 1.90. The molecule has 1 aliphatic heterocycles. The Morgan fingerprint density at radius 1 is 1.32 bits per heavy atom. The third-order valence-electron chi connectivity index (χ3n) is 4.05. The lowest BCUT2D eigenvalue weighted by molar-refractivity contribution is 0.114. The van der Waals surface area contributed by atoms with Gasteiger partial charge in [0.2, 0.25) is 0 Å². The van der Waals surface area contributed by atoms with Gasteiger partial charge in [0, 0.05) is 29.3 Å². The topological polar surface area (TPSA) is 30.5 Å². The zero-order chi connectivity index (χ0) is 17.6. The minimum Gasteiger partial charge on any atom is -0.488 e. The Hall–Kier alpha value is -1.14. The predicted octanol–water partition coefficient (Wildman–Crippen LogP) is 5.13. The Kier molecular flexibility index (Phi) is 6.70. The van der Waals surface area contributed by atoms with Crippen molar-refractivity contribution in [2.24, 2.45) is 0 Å². The minimum atomic E-state index is 0.264. The van der Waals surface area contributed by atoms with Gasteiger partial charge in [-0.25, -0.2) is 0 Å². The standard InChI is InChI=1S/C19H19BrClNO2S/c20-16-10-13(19(25)22-11-15-5-3-9-23-15)7-8-18(16)24-12-14-4-1-2-6-17(14)21/h1-2,4,6-8,10,15H,3,5,9,11-12H2,(H,22,25)/t15-/m0/s1. The van der Waals surface area contributed by atoms with Gasteiger partial charge < -0.3 is 14.8 Å². The molecule has 2 aromatic carbocycles. The summed E-state index contributed by atoms with van der Waals surface area (Å²) in [4.78, 5) is 0.717. The fourth-order valence-corrected chi connectivity index (χ4v) is 3.54. The van der Waals surface area contributed by atoms with Gasteiger partial charge in [0.05, 0.1) is 10.6 Å². The molecule has 0 radical (unpaired) electrons. The predicted molar refractivity (Wildman–Crippen MR) is 109 cm³/mol. The molecule has 0 amide bonds. The fourth-order valence-electron chi connectivity index (χ4n) is 2.64. The van der Waals surface area contributed by atoms with E-state index in [-0.39, 0.29) is 6.10 Å². The molecule has 1 fully saturated rings. The molecule has 0 saturated carbocycles. The molecule has 1 aliphatic rings. The largest absolute Gasteiger partial charge is 0.488 e. The summed E-state index contributed by atoms with van der Waals surface area (Å²) in [5.74, 6) is 0.755. The normalized spacial score (nSPS) is 16.6. The highest BCUT2D eigenvalue weighted by Gasteiger charge is 2.16. The molecule has 3 rings (SSSR count). The van der Waals surface area contributed by atoms with E-state index in [0.29, 0.717) is 16.6 Å². The van der Waals surface area contributed by atoms with Gasteiger partial charge in [-0.15, -0.1) is 0 Å². The molecule has 2 aromatic rings. The Bertz CT molecular complexity index is 750. The van der Waals surface area contributed by atoms with E-state index in [1.807, 2.05) is 42.5 Å². The van der Waals surface area contributed by atoms with Crippen LogP contribution in [0.3, 0.4) is 0 Å². The van der Waals surface area contributed by atoms with Crippen molar-refractivity contribution in [3.05, 3.63) is 63.1 Å². The average Bonchev–Trinajstić information content (AvgIpc) is 3.13. The van der Waals surface area contributed by atoms with Crippen LogP contribution in [0.25, 0.3) is 0 Å². The highest BCUT2D eigenvalue weighted by Crippen LogP contribution is 2.28. The van der Waals surface area contributed by atoms with E-state index >= 15 is 0 Å². The Morgan fingerprint density at radius 3 is 2.88 bits per heavy atom. The molecule has 0 bridgehead atoms. The van der Waals surface area contributed by atoms with Crippen LogP contribution >= 0.6 is 39.7 Å². The Balaban J connectivity index is 1.58. The Morgan fingerprint density at radius 2 is 2.16 bits per heavy atom. The summed E-state index contributed by atoms with van der Waals surface area (Å²) in [5, 5.41) is 3.98. The monoisotopic (exact) mass is 439 g/mol. The van der Waals surface area contributed by atoms with Crippen LogP contribution in [0.4, 0.5) is 0 Å². The van der Waals surface area contributed by atoms with Crippen LogP contribution in [-0.4, -0.2) is 24.2 Å². The number of thiocarbonyl (C=S) groups is 1. The van der Waals surface area contributed by atoms with Gasteiger partial charge in [-0.2, -0.15) is 0 Å². The van der Waals surface area contributed by atoms with Crippen LogP contribution in [0.15, 0.2) is 46.9 Å². The number of hydrogen-bond acceptors (Lipinski definition) is 3. The van der Waals surface area contributed by atoms with Crippen LogP contribution in [0.5, 0.6) is 5.75 Å². The van der Waals surface area contributed by atoms with Crippen molar-refractivity contribution >= 4 is 44.7 Å². The molecule has 1 N–H and O–H groups in total. The molecule has 0 aliphatic carbocycles. The van der Waals surface area contributed by atoms with Crippen molar-refractivity contribution in [1.29, 1.82) is 0 Å². The van der Waals surface area contributed by atoms with Gasteiger partial charge in [0.15, 0.2) is 0 Å². The second kappa shape index (κ2) is 8.99. The maximum absolute atomic E-state index is 6.16. The summed E-state index contributed by atoms with van der Waals surface area (Å²) in [7, 11) is 0. The van der Waals surface area contributed by atoms with E-state index in [1.54, 1.807) is 0 Å². The maximum atomic E-state index is 6.16. The van der Waals surface area contributed by atoms with E-state index < -0.39 is 0 Å². The first-order valence-electron chi connectivity index (χ1n) is 8.19. The molecule has 0 aromatic heterocycles. The molecular formula is C19H19BrClNO2S. The number of hydrogen-bond donors (Lipinski definition) is 1. The second-order valence-corrected chi connectivity index (χ2v) is 7.54. The number of ether oxygens (including phenoxy) is 2. The van der Waals surface area contributed by atoms with Crippen LogP contribution in [-0.2, 0) is 11.3 Å². The van der Waals surface area contributed by atoms with E-state index in [0.717, 1.165) is 47.3 Å². The molecule has 25 heavy (non-hydrogen) atoms. The molecular weight excluding hydrogens is 422 g/mol. The molecule has 1 saturated heterocycles. The van der Waals surface area contributed by atoms with Crippen molar-refractivity contribution in [2.75, 3.05) is 13.2 Å². The molecule has 0 spiro atoms. The first kappa shape index (κ1) is 18.6. The maximum Gasteiger partial charge on any atom is 0.134 e. The lowest BCUT2D eigenvalue weighted by atomic mass is 10.2. The van der Waals surface area contributed by atoms with Crippen molar-refractivity contribution in [2.45, 2.75) is 25.6 Å². The summed E-state index contributed by atoms with van der Waals surface area (Å²) >= 11 is 15.2. The van der Waals surface area contributed by atoms with Crippen molar-refractivity contribution in [3.8, 4) is 5.75 Å². The SMILES string of the molecule is S=C(NC[C@@H]1CCCO1)c1ccc(OCc2ccccc2Cl)c(Br)c1. The van der Waals surface area contributed by atoms with Crippen LogP contribution in [0.1, 0.15) is 24.0 Å². The molecule has 1 heterocycles. The van der Waals surface area contributed by atoms with Gasteiger partial charge in [0.25, 0.3) is 0 Å². The first-order valence-corrected chi connectivity index (χ1v) is 9.77. The fraction of sp³-hybridized carbons (Fsp3) is 0.316. The van der Waals surface area contributed by atoms with Crippen LogP contribution in [0.2, 0.25) is 5.02 Å². The number of nitrogens with one attached hydrogen (secondary N) is 1. The number of halogens is 2. The quantitative estimate of drug-likeness (QED) is 0.631. The molecule has 0 unspecified atom stereocenters. The zero-order valence-electron chi connectivity index (χ0n) is 13.6. The lowest BCUT2D eigenvalue weighted by Gasteiger charge is -2.14. The summed E-state index contributed by atoms with van der Waals surface area (Å²) in [6.07, 6.45) is 2.48. The molecule has 1 atom stereocenters. The highest BCUT2D eigenvalue weighted by molar-refractivity contribution is 9.10. The van der Waals surface area contributed by atoms with Crippen LogP contribution < -0.4 is 10.1 Å². The van der Waals surface area contributed by atoms with E-state index in [1.165, 1.54) is 0 Å². The highest BCUT2D eigenvalue weighted by atomic mass is 79.9. The van der Waals surface area contributed by atoms with Gasteiger partial charge in [0.1, 0.15) is 17.3 Å². The lowest BCUT2D eigenvalue weighted by Crippen LogP contribution is -2.31. The van der Waals surface area contributed by atoms with Crippen molar-refractivity contribution in [3.63, 3.8) is 0 Å². The summed E-state index contributed by atoms with van der Waals surface area (Å²) in [6, 6.07) is 13.5. The third-order valence-corrected chi connectivity index (χ3v) is 5.42. The minimum absolute atomic E-state index is 0.264. The number of rotatable bonds is 6. The molecule has 3 nitrogen and oxygen atoms in total. The third kappa shape index (κ3) is 5.17. The number of benzene rings is 2.